The molecule has 2 aromatic carbocycles. The highest BCUT2D eigenvalue weighted by atomic mass is 32.2. The summed E-state index contributed by atoms with van der Waals surface area (Å²) in [7, 11) is -3.81. The minimum Gasteiger partial charge on any atom is -0.486 e. The molecular formula is C22H26N2O5S2. The van der Waals surface area contributed by atoms with Crippen LogP contribution in [0.4, 0.5) is 0 Å². The van der Waals surface area contributed by atoms with Crippen molar-refractivity contribution in [2.45, 2.75) is 29.5 Å². The molecule has 1 fully saturated rings. The molecule has 0 spiro atoms. The van der Waals surface area contributed by atoms with Gasteiger partial charge in [-0.25, -0.2) is 8.42 Å². The number of rotatable bonds is 8. The Balaban J connectivity index is 1.34. The number of hydrogen-bond acceptors (Lipinski definition) is 6. The van der Waals surface area contributed by atoms with Gasteiger partial charge in [0.1, 0.15) is 19.3 Å². The predicted molar refractivity (Wildman–Crippen MR) is 120 cm³/mol. The topological polar surface area (TPSA) is 84.9 Å². The zero-order valence-corrected chi connectivity index (χ0v) is 18.8. The number of hydrogen-bond donors (Lipinski definition) is 1. The van der Waals surface area contributed by atoms with Gasteiger partial charge in [-0.1, -0.05) is 30.3 Å². The summed E-state index contributed by atoms with van der Waals surface area (Å²) in [6.07, 6.45) is 1.18. The van der Waals surface area contributed by atoms with Crippen LogP contribution in [0, 0.1) is 0 Å². The lowest BCUT2D eigenvalue weighted by Crippen LogP contribution is -2.46. The van der Waals surface area contributed by atoms with Crippen LogP contribution in [0.15, 0.2) is 53.4 Å². The third-order valence-electron chi connectivity index (χ3n) is 5.28. The van der Waals surface area contributed by atoms with Crippen molar-refractivity contribution in [2.24, 2.45) is 0 Å². The molecule has 1 unspecified atom stereocenters. The zero-order valence-electron chi connectivity index (χ0n) is 17.2. The van der Waals surface area contributed by atoms with Crippen LogP contribution in [0.5, 0.6) is 11.5 Å². The fourth-order valence-electron chi connectivity index (χ4n) is 3.74. The van der Waals surface area contributed by atoms with Crippen molar-refractivity contribution in [1.82, 2.24) is 9.62 Å². The highest BCUT2D eigenvalue weighted by Crippen LogP contribution is 2.34. The molecule has 0 radical (unpaired) electrons. The molecule has 2 aliphatic rings. The van der Waals surface area contributed by atoms with Gasteiger partial charge in [0.05, 0.1) is 4.90 Å². The third kappa shape index (κ3) is 5.16. The van der Waals surface area contributed by atoms with Crippen molar-refractivity contribution in [3.8, 4) is 11.5 Å². The fourth-order valence-corrected chi connectivity index (χ4v) is 6.23. The van der Waals surface area contributed by atoms with Crippen LogP contribution in [0.2, 0.25) is 0 Å². The summed E-state index contributed by atoms with van der Waals surface area (Å²) in [5, 5.41) is 2.90. The van der Waals surface area contributed by atoms with Gasteiger partial charge in [-0.2, -0.15) is 16.1 Å². The molecule has 4 rings (SSSR count). The van der Waals surface area contributed by atoms with E-state index in [0.717, 1.165) is 11.5 Å². The van der Waals surface area contributed by atoms with E-state index in [1.54, 1.807) is 17.8 Å². The number of benzene rings is 2. The number of nitrogens with zero attached hydrogens (tertiary/aromatic N) is 1. The summed E-state index contributed by atoms with van der Waals surface area (Å²) in [5.74, 6) is 2.36. The van der Waals surface area contributed by atoms with Crippen LogP contribution in [0.25, 0.3) is 0 Å². The highest BCUT2D eigenvalue weighted by Gasteiger charge is 2.39. The molecule has 0 aliphatic carbocycles. The predicted octanol–water partition coefficient (Wildman–Crippen LogP) is 2.66. The van der Waals surface area contributed by atoms with Crippen LogP contribution in [0.1, 0.15) is 18.4 Å². The van der Waals surface area contributed by atoms with Crippen LogP contribution < -0.4 is 14.8 Å². The molecule has 0 aromatic heterocycles. The van der Waals surface area contributed by atoms with Crippen molar-refractivity contribution in [2.75, 3.05) is 32.1 Å². The average molecular weight is 463 g/mol. The Morgan fingerprint density at radius 2 is 1.87 bits per heavy atom. The van der Waals surface area contributed by atoms with Crippen molar-refractivity contribution in [3.63, 3.8) is 0 Å². The van der Waals surface area contributed by atoms with Crippen LogP contribution in [-0.4, -0.2) is 56.7 Å². The molecular weight excluding hydrogens is 436 g/mol. The van der Waals surface area contributed by atoms with Crippen molar-refractivity contribution < 1.29 is 22.7 Å². The SMILES string of the molecule is O=C(NCCSCc1ccccc1)C1CCCN1S(=O)(=O)c1ccc2c(c1)OCCO2. The van der Waals surface area contributed by atoms with Gasteiger partial charge in [-0.05, 0) is 30.5 Å². The Morgan fingerprint density at radius 3 is 2.68 bits per heavy atom. The number of ether oxygens (including phenoxy) is 2. The molecule has 0 bridgehead atoms. The smallest absolute Gasteiger partial charge is 0.243 e. The Bertz CT molecular complexity index is 1010. The maximum absolute atomic E-state index is 13.2. The molecule has 7 nitrogen and oxygen atoms in total. The summed E-state index contributed by atoms with van der Waals surface area (Å²) in [6.45, 7) is 1.66. The summed E-state index contributed by atoms with van der Waals surface area (Å²) in [5.41, 5.74) is 1.24. The van der Waals surface area contributed by atoms with E-state index in [-0.39, 0.29) is 10.8 Å². The van der Waals surface area contributed by atoms with E-state index < -0.39 is 16.1 Å². The number of carbonyl (C=O) groups excluding carboxylic acids is 1. The summed E-state index contributed by atoms with van der Waals surface area (Å²) in [4.78, 5) is 12.8. The third-order valence-corrected chi connectivity index (χ3v) is 8.22. The van der Waals surface area contributed by atoms with E-state index in [2.05, 4.69) is 17.4 Å². The molecule has 2 aliphatic heterocycles. The van der Waals surface area contributed by atoms with E-state index >= 15 is 0 Å². The molecule has 9 heteroatoms. The van der Waals surface area contributed by atoms with Crippen LogP contribution in [-0.2, 0) is 20.6 Å². The second kappa shape index (κ2) is 9.93. The molecule has 1 amide bonds. The van der Waals surface area contributed by atoms with Gasteiger partial charge < -0.3 is 14.8 Å². The Hall–Kier alpha value is -2.23. The summed E-state index contributed by atoms with van der Waals surface area (Å²) in [6, 6.07) is 14.1. The minimum absolute atomic E-state index is 0.120. The number of sulfonamides is 1. The van der Waals surface area contributed by atoms with Crippen LogP contribution in [0.3, 0.4) is 0 Å². The van der Waals surface area contributed by atoms with Crippen molar-refractivity contribution in [1.29, 1.82) is 0 Å². The number of fused-ring (bicyclic) bond motifs is 1. The Kier molecular flexibility index (Phi) is 7.04. The average Bonchev–Trinajstić information content (AvgIpc) is 3.30. The molecule has 1 atom stereocenters. The standard InChI is InChI=1S/C22H26N2O5S2/c25-22(23-10-14-30-16-17-5-2-1-3-6-17)19-7-4-11-24(19)31(26,27)18-8-9-20-21(15-18)29-13-12-28-20/h1-3,5-6,8-9,15,19H,4,7,10-14,16H2,(H,23,25). The molecule has 1 N–H and O–H groups in total. The highest BCUT2D eigenvalue weighted by molar-refractivity contribution is 7.98. The Morgan fingerprint density at radius 1 is 1.10 bits per heavy atom. The molecule has 0 saturated carbocycles. The van der Waals surface area contributed by atoms with Crippen molar-refractivity contribution >= 4 is 27.7 Å². The van der Waals surface area contributed by atoms with Gasteiger partial charge in [0.2, 0.25) is 15.9 Å². The minimum atomic E-state index is -3.81. The first-order chi connectivity index (χ1) is 15.1. The van der Waals surface area contributed by atoms with Gasteiger partial charge in [0.25, 0.3) is 0 Å². The van der Waals surface area contributed by atoms with Crippen molar-refractivity contribution in [3.05, 3.63) is 54.1 Å². The molecule has 2 aromatic rings. The lowest BCUT2D eigenvalue weighted by atomic mass is 10.2. The molecule has 31 heavy (non-hydrogen) atoms. The molecule has 166 valence electrons. The second-order valence-corrected chi connectivity index (χ2v) is 10.4. The lowest BCUT2D eigenvalue weighted by molar-refractivity contribution is -0.124. The lowest BCUT2D eigenvalue weighted by Gasteiger charge is -2.24. The zero-order chi connectivity index (χ0) is 21.7. The first-order valence-electron chi connectivity index (χ1n) is 10.4. The van der Waals surface area contributed by atoms with E-state index in [4.69, 9.17) is 9.47 Å². The summed E-state index contributed by atoms with van der Waals surface area (Å²) >= 11 is 1.73. The van der Waals surface area contributed by atoms with Gasteiger partial charge in [0, 0.05) is 30.7 Å². The Labute approximate surface area is 187 Å². The monoisotopic (exact) mass is 462 g/mol. The number of amides is 1. The first kappa shape index (κ1) is 22.0. The maximum atomic E-state index is 13.2. The van der Waals surface area contributed by atoms with Gasteiger partial charge >= 0.3 is 0 Å². The van der Waals surface area contributed by atoms with E-state index in [9.17, 15) is 13.2 Å². The second-order valence-electron chi connectivity index (χ2n) is 7.41. The van der Waals surface area contributed by atoms with E-state index in [0.29, 0.717) is 50.6 Å². The fraction of sp³-hybridized carbons (Fsp3) is 0.409. The molecule has 2 heterocycles. The van der Waals surface area contributed by atoms with E-state index in [1.807, 2.05) is 18.2 Å². The first-order valence-corrected chi connectivity index (χ1v) is 13.0. The number of thioether (sulfide) groups is 1. The largest absolute Gasteiger partial charge is 0.486 e. The number of carbonyl (C=O) groups is 1. The molecule has 1 saturated heterocycles. The normalized spacial score (nSPS) is 18.6. The number of nitrogens with one attached hydrogen (secondary N) is 1. The quantitative estimate of drug-likeness (QED) is 0.607. The summed E-state index contributed by atoms with van der Waals surface area (Å²) < 4.78 is 38.7. The van der Waals surface area contributed by atoms with Gasteiger partial charge in [0.15, 0.2) is 11.5 Å². The van der Waals surface area contributed by atoms with Gasteiger partial charge in [-0.3, -0.25) is 4.79 Å². The van der Waals surface area contributed by atoms with Gasteiger partial charge in [-0.15, -0.1) is 0 Å². The van der Waals surface area contributed by atoms with Crippen LogP contribution >= 0.6 is 11.8 Å². The maximum Gasteiger partial charge on any atom is 0.243 e. The van der Waals surface area contributed by atoms with E-state index in [1.165, 1.54) is 22.0 Å².